The van der Waals surface area contributed by atoms with E-state index in [1.807, 2.05) is 0 Å². The van der Waals surface area contributed by atoms with E-state index in [1.54, 1.807) is 0 Å². The van der Waals surface area contributed by atoms with Crippen LogP contribution in [0.25, 0.3) is 0 Å². The predicted molar refractivity (Wildman–Crippen MR) is 42.6 cm³/mol. The molecular weight excluding hydrogens is 166 g/mol. The molecule has 0 aromatic heterocycles. The van der Waals surface area contributed by atoms with Gasteiger partial charge in [-0.1, -0.05) is 0 Å². The van der Waals surface area contributed by atoms with E-state index in [-0.39, 0.29) is 12.4 Å². The van der Waals surface area contributed by atoms with Crippen LogP contribution in [0.5, 0.6) is 0 Å². The van der Waals surface area contributed by atoms with Crippen LogP contribution in [0.3, 0.4) is 0 Å². The van der Waals surface area contributed by atoms with Crippen molar-refractivity contribution in [2.75, 3.05) is 0 Å². The third-order valence-electron chi connectivity index (χ3n) is 2.91. The second kappa shape index (κ2) is 2.35. The predicted octanol–water partition coefficient (Wildman–Crippen LogP) is 0.620. The van der Waals surface area contributed by atoms with Crippen molar-refractivity contribution in [2.45, 2.75) is 24.8 Å². The smallest absolute Gasteiger partial charge is 0.323 e. The fourth-order valence-electron chi connectivity index (χ4n) is 2.07. The summed E-state index contributed by atoms with van der Waals surface area (Å²) in [5.74, 6) is 0.128. The number of hydrogen-bond acceptors (Lipinski definition) is 2. The number of hydrogen-bond donors (Lipinski definition) is 2. The number of rotatable bonds is 1. The monoisotopic (exact) mass is 177 g/mol. The number of fused-ring (bicyclic) bond motifs is 1. The second-order valence-electron chi connectivity index (χ2n) is 3.49. The van der Waals surface area contributed by atoms with Crippen LogP contribution < -0.4 is 5.73 Å². The first-order valence-corrected chi connectivity index (χ1v) is 3.67. The van der Waals surface area contributed by atoms with Crippen molar-refractivity contribution >= 4 is 18.4 Å². The lowest BCUT2D eigenvalue weighted by Crippen LogP contribution is -2.48. The van der Waals surface area contributed by atoms with Crippen molar-refractivity contribution in [2.24, 2.45) is 17.6 Å². The first kappa shape index (κ1) is 8.81. The molecule has 0 spiro atoms. The van der Waals surface area contributed by atoms with E-state index >= 15 is 0 Å². The highest BCUT2D eigenvalue weighted by Crippen LogP contribution is 2.56. The minimum atomic E-state index is -0.856. The van der Waals surface area contributed by atoms with Crippen molar-refractivity contribution in [1.82, 2.24) is 0 Å². The minimum absolute atomic E-state index is 0. The quantitative estimate of drug-likeness (QED) is 0.617. The van der Waals surface area contributed by atoms with E-state index in [0.717, 1.165) is 12.8 Å². The average molecular weight is 178 g/mol. The zero-order chi connectivity index (χ0) is 7.35. The van der Waals surface area contributed by atoms with Gasteiger partial charge >= 0.3 is 5.97 Å². The summed E-state index contributed by atoms with van der Waals surface area (Å²) in [6.07, 6.45) is 2.74. The molecule has 0 heterocycles. The number of nitrogens with two attached hydrogens (primary N) is 1. The first-order chi connectivity index (χ1) is 4.64. The van der Waals surface area contributed by atoms with Gasteiger partial charge in [-0.2, -0.15) is 0 Å². The molecule has 64 valence electrons. The molecular formula is C7H12ClNO2. The maximum atomic E-state index is 10.6. The number of carbonyl (C=O) groups is 1. The lowest BCUT2D eigenvalue weighted by Gasteiger charge is -2.19. The van der Waals surface area contributed by atoms with E-state index in [9.17, 15) is 4.79 Å². The van der Waals surface area contributed by atoms with Crippen molar-refractivity contribution in [3.8, 4) is 0 Å². The lowest BCUT2D eigenvalue weighted by atomic mass is 9.95. The van der Waals surface area contributed by atoms with Crippen LogP contribution in [0.15, 0.2) is 0 Å². The Hall–Kier alpha value is -0.280. The highest BCUT2D eigenvalue weighted by Gasteiger charge is 2.59. The van der Waals surface area contributed by atoms with Gasteiger partial charge in [0.2, 0.25) is 0 Å². The molecule has 0 aromatic carbocycles. The highest BCUT2D eigenvalue weighted by atomic mass is 35.5. The molecule has 3 unspecified atom stereocenters. The molecule has 0 radical (unpaired) electrons. The van der Waals surface area contributed by atoms with E-state index in [1.165, 1.54) is 0 Å². The Labute approximate surface area is 71.4 Å². The zero-order valence-electron chi connectivity index (χ0n) is 6.12. The summed E-state index contributed by atoms with van der Waals surface area (Å²) in [5.41, 5.74) is 4.83. The highest BCUT2D eigenvalue weighted by molar-refractivity contribution is 5.85. The van der Waals surface area contributed by atoms with Gasteiger partial charge in [0.05, 0.1) is 0 Å². The zero-order valence-corrected chi connectivity index (χ0v) is 6.93. The molecule has 2 fully saturated rings. The number of halogens is 1. The third-order valence-corrected chi connectivity index (χ3v) is 2.91. The van der Waals surface area contributed by atoms with Crippen molar-refractivity contribution in [3.05, 3.63) is 0 Å². The molecule has 3 N–H and O–H groups in total. The molecule has 0 aromatic rings. The van der Waals surface area contributed by atoms with Gasteiger partial charge in [0, 0.05) is 0 Å². The minimum Gasteiger partial charge on any atom is -0.480 e. The van der Waals surface area contributed by atoms with E-state index in [2.05, 4.69) is 0 Å². The van der Waals surface area contributed by atoms with Crippen LogP contribution in [-0.4, -0.2) is 16.6 Å². The topological polar surface area (TPSA) is 63.3 Å². The molecule has 2 saturated carbocycles. The molecule has 0 aliphatic heterocycles. The molecule has 4 heteroatoms. The summed E-state index contributed by atoms with van der Waals surface area (Å²) in [4.78, 5) is 10.6. The van der Waals surface area contributed by atoms with Crippen molar-refractivity contribution in [3.63, 3.8) is 0 Å². The fraction of sp³-hybridized carbons (Fsp3) is 0.857. The van der Waals surface area contributed by atoms with Crippen LogP contribution in [0, 0.1) is 11.8 Å². The fourth-order valence-corrected chi connectivity index (χ4v) is 2.07. The summed E-state index contributed by atoms with van der Waals surface area (Å²) in [6.45, 7) is 0. The van der Waals surface area contributed by atoms with E-state index in [0.29, 0.717) is 18.3 Å². The van der Waals surface area contributed by atoms with Gasteiger partial charge in [0.25, 0.3) is 0 Å². The Morgan fingerprint density at radius 1 is 1.64 bits per heavy atom. The van der Waals surface area contributed by atoms with Gasteiger partial charge < -0.3 is 10.8 Å². The second-order valence-corrected chi connectivity index (χ2v) is 3.49. The van der Waals surface area contributed by atoms with Gasteiger partial charge in [0.15, 0.2) is 0 Å². The molecule has 0 bridgehead atoms. The van der Waals surface area contributed by atoms with Crippen LogP contribution in [0.4, 0.5) is 0 Å². The van der Waals surface area contributed by atoms with Gasteiger partial charge in [-0.3, -0.25) is 4.79 Å². The summed E-state index contributed by atoms with van der Waals surface area (Å²) in [7, 11) is 0. The Kier molecular flexibility index (Phi) is 1.89. The molecule has 0 amide bonds. The first-order valence-electron chi connectivity index (χ1n) is 3.67. The Morgan fingerprint density at radius 2 is 2.27 bits per heavy atom. The van der Waals surface area contributed by atoms with Crippen LogP contribution in [0.1, 0.15) is 19.3 Å². The van der Waals surface area contributed by atoms with Gasteiger partial charge in [0.1, 0.15) is 5.54 Å². The van der Waals surface area contributed by atoms with Gasteiger partial charge in [-0.25, -0.2) is 0 Å². The van der Waals surface area contributed by atoms with Crippen LogP contribution in [0.2, 0.25) is 0 Å². The van der Waals surface area contributed by atoms with Crippen LogP contribution in [-0.2, 0) is 4.79 Å². The Balaban J connectivity index is 0.000000605. The number of carboxylic acids is 1. The van der Waals surface area contributed by atoms with Gasteiger partial charge in [-0.05, 0) is 31.1 Å². The summed E-state index contributed by atoms with van der Waals surface area (Å²) in [6, 6.07) is 0. The maximum absolute atomic E-state index is 10.6. The van der Waals surface area contributed by atoms with Crippen molar-refractivity contribution < 1.29 is 9.90 Å². The molecule has 3 atom stereocenters. The Morgan fingerprint density at radius 3 is 2.45 bits per heavy atom. The number of carboxylic acid groups (broad SMARTS) is 1. The normalized spacial score (nSPS) is 45.9. The van der Waals surface area contributed by atoms with E-state index < -0.39 is 11.5 Å². The molecule has 2 rings (SSSR count). The average Bonchev–Trinajstić information content (AvgIpc) is 2.56. The van der Waals surface area contributed by atoms with Crippen molar-refractivity contribution in [1.29, 1.82) is 0 Å². The Bertz CT molecular complexity index is 197. The van der Waals surface area contributed by atoms with Gasteiger partial charge in [-0.15, -0.1) is 12.4 Å². The van der Waals surface area contributed by atoms with Crippen LogP contribution >= 0.6 is 12.4 Å². The summed E-state index contributed by atoms with van der Waals surface area (Å²) < 4.78 is 0. The molecule has 3 nitrogen and oxygen atoms in total. The maximum Gasteiger partial charge on any atom is 0.323 e. The standard InChI is InChI=1S/C7H11NO2.ClH/c8-7(6(9)10)2-1-4-3-5(4)7;/h4-5H,1-3,8H2,(H,9,10);1H. The summed E-state index contributed by atoms with van der Waals surface area (Å²) in [5, 5.41) is 8.74. The SMILES string of the molecule is Cl.NC1(C(=O)O)CCC2CC21. The molecule has 2 aliphatic carbocycles. The molecule has 2 aliphatic rings. The molecule has 11 heavy (non-hydrogen) atoms. The largest absolute Gasteiger partial charge is 0.480 e. The summed E-state index contributed by atoms with van der Waals surface area (Å²) >= 11 is 0. The molecule has 0 saturated heterocycles. The number of aliphatic carboxylic acids is 1. The van der Waals surface area contributed by atoms with E-state index in [4.69, 9.17) is 10.8 Å². The third kappa shape index (κ3) is 1.03. The lowest BCUT2D eigenvalue weighted by molar-refractivity contribution is -0.143.